The Balaban J connectivity index is 4.07. The molecule has 0 aliphatic rings. The Kier molecular flexibility index (Phi) is 3.59. The number of aliphatic carboxylic acids is 1. The van der Waals surface area contributed by atoms with E-state index in [1.807, 2.05) is 0 Å². The van der Waals surface area contributed by atoms with Gasteiger partial charge in [-0.05, 0) is 0 Å². The first-order valence-corrected chi connectivity index (χ1v) is 3.38. The van der Waals surface area contributed by atoms with Crippen molar-refractivity contribution < 1.29 is 14.7 Å². The summed E-state index contributed by atoms with van der Waals surface area (Å²) in [5.74, 6) is -1.99. The second-order valence-electron chi connectivity index (χ2n) is 1.63. The molecule has 3 N–H and O–H groups in total. The van der Waals surface area contributed by atoms with Crippen molar-refractivity contribution in [2.75, 3.05) is 0 Å². The van der Waals surface area contributed by atoms with Crippen LogP contribution in [0.2, 0.25) is 0 Å². The molecule has 0 spiro atoms. The highest BCUT2D eigenvalue weighted by Gasteiger charge is 2.25. The quantitative estimate of drug-likeness (QED) is 0.428. The number of carboxylic acid groups (broad SMARTS) is 1. The largest absolute Gasteiger partial charge is 0.480 e. The lowest BCUT2D eigenvalue weighted by atomic mass is 10.3. The van der Waals surface area contributed by atoms with Crippen LogP contribution in [0, 0.1) is 0 Å². The van der Waals surface area contributed by atoms with Gasteiger partial charge in [-0.3, -0.25) is 9.59 Å². The number of thiol groups is 2. The van der Waals surface area contributed by atoms with Gasteiger partial charge in [-0.2, -0.15) is 25.3 Å². The van der Waals surface area contributed by atoms with Crippen LogP contribution in [0.5, 0.6) is 0 Å². The maximum Gasteiger partial charge on any atom is 0.318 e. The van der Waals surface area contributed by atoms with Crippen LogP contribution in [0.1, 0.15) is 0 Å². The minimum absolute atomic E-state index is 0.786. The minimum Gasteiger partial charge on any atom is -0.480 e. The highest BCUT2D eigenvalue weighted by Crippen LogP contribution is 2.07. The number of amides is 1. The first-order valence-electron chi connectivity index (χ1n) is 2.35. The fourth-order valence-electron chi connectivity index (χ4n) is 0.291. The Morgan fingerprint density at radius 2 is 1.70 bits per heavy atom. The first kappa shape index (κ1) is 9.64. The van der Waals surface area contributed by atoms with E-state index in [0.29, 0.717) is 0 Å². The molecule has 58 valence electrons. The van der Waals surface area contributed by atoms with Gasteiger partial charge in [0.1, 0.15) is 10.5 Å². The van der Waals surface area contributed by atoms with Gasteiger partial charge >= 0.3 is 5.97 Å². The molecule has 0 fully saturated rings. The summed E-state index contributed by atoms with van der Waals surface area (Å²) >= 11 is 7.21. The summed E-state index contributed by atoms with van der Waals surface area (Å²) in [4.78, 5) is 20.4. The Labute approximate surface area is 68.6 Å². The molecule has 0 radical (unpaired) electrons. The Morgan fingerprint density at radius 1 is 1.30 bits per heavy atom. The highest BCUT2D eigenvalue weighted by molar-refractivity contribution is 7.86. The smallest absolute Gasteiger partial charge is 0.318 e. The lowest BCUT2D eigenvalue weighted by Crippen LogP contribution is -2.36. The summed E-state index contributed by atoms with van der Waals surface area (Å²) in [6, 6.07) is 0. The lowest BCUT2D eigenvalue weighted by molar-refractivity contribution is -0.137. The number of primary amides is 1. The van der Waals surface area contributed by atoms with Crippen molar-refractivity contribution in [3.8, 4) is 0 Å². The first-order chi connectivity index (χ1) is 4.46. The van der Waals surface area contributed by atoms with E-state index in [2.05, 4.69) is 25.3 Å². The van der Waals surface area contributed by atoms with Crippen LogP contribution in [0.25, 0.3) is 0 Å². The van der Waals surface area contributed by atoms with Gasteiger partial charge in [-0.15, -0.1) is 0 Å². The zero-order chi connectivity index (χ0) is 8.31. The third-order valence-electron chi connectivity index (χ3n) is 0.844. The highest BCUT2D eigenvalue weighted by atomic mass is 32.1. The molecule has 0 heterocycles. The predicted molar refractivity (Wildman–Crippen MR) is 42.4 cm³/mol. The van der Waals surface area contributed by atoms with E-state index in [0.717, 1.165) is 0 Å². The Bertz CT molecular complexity index is 143. The normalized spacial score (nSPS) is 15.8. The number of carboxylic acids is 1. The fourth-order valence-corrected chi connectivity index (χ4v) is 0.565. The van der Waals surface area contributed by atoms with Crippen LogP contribution in [-0.4, -0.2) is 27.5 Å². The molecule has 2 atom stereocenters. The summed E-state index contributed by atoms with van der Waals surface area (Å²) in [6.07, 6.45) is 0. The third-order valence-corrected chi connectivity index (χ3v) is 2.15. The molecule has 0 aromatic heterocycles. The zero-order valence-corrected chi connectivity index (χ0v) is 6.68. The number of carbonyl (C=O) groups excluding carboxylic acids is 1. The lowest BCUT2D eigenvalue weighted by Gasteiger charge is -2.08. The monoisotopic (exact) mass is 181 g/mol. The van der Waals surface area contributed by atoms with Gasteiger partial charge in [0.05, 0.1) is 0 Å². The third kappa shape index (κ3) is 2.49. The SMILES string of the molecule is NC(=O)C(S)C(S)C(=O)O. The molecule has 0 saturated carbocycles. The van der Waals surface area contributed by atoms with E-state index in [1.54, 1.807) is 0 Å². The van der Waals surface area contributed by atoms with Crippen molar-refractivity contribution in [3.63, 3.8) is 0 Å². The molecule has 0 saturated heterocycles. The maximum atomic E-state index is 10.3. The topological polar surface area (TPSA) is 80.4 Å². The van der Waals surface area contributed by atoms with Gasteiger partial charge in [-0.1, -0.05) is 0 Å². The average molecular weight is 181 g/mol. The summed E-state index contributed by atoms with van der Waals surface area (Å²) in [6.45, 7) is 0. The molecule has 0 aliphatic carbocycles. The second-order valence-corrected chi connectivity index (χ2v) is 2.74. The Hall–Kier alpha value is -0.360. The van der Waals surface area contributed by atoms with E-state index in [4.69, 9.17) is 10.8 Å². The fraction of sp³-hybridized carbons (Fsp3) is 0.500. The molecule has 0 aromatic carbocycles. The molecule has 2 unspecified atom stereocenters. The summed E-state index contributed by atoms with van der Waals surface area (Å²) in [5.41, 5.74) is 4.75. The summed E-state index contributed by atoms with van der Waals surface area (Å²) in [5, 5.41) is 6.09. The van der Waals surface area contributed by atoms with Crippen molar-refractivity contribution >= 4 is 37.1 Å². The summed E-state index contributed by atoms with van der Waals surface area (Å²) < 4.78 is 0. The van der Waals surface area contributed by atoms with Crippen LogP contribution in [0.4, 0.5) is 0 Å². The van der Waals surface area contributed by atoms with Gasteiger partial charge in [-0.25, -0.2) is 0 Å². The van der Waals surface area contributed by atoms with Crippen LogP contribution >= 0.6 is 25.3 Å². The van der Waals surface area contributed by atoms with Gasteiger partial charge in [0, 0.05) is 0 Å². The van der Waals surface area contributed by atoms with Crippen LogP contribution < -0.4 is 5.73 Å². The molecule has 0 aromatic rings. The molecule has 0 bridgehead atoms. The van der Waals surface area contributed by atoms with E-state index in [1.165, 1.54) is 0 Å². The van der Waals surface area contributed by atoms with Gasteiger partial charge in [0.25, 0.3) is 0 Å². The number of rotatable bonds is 3. The van der Waals surface area contributed by atoms with E-state index < -0.39 is 22.4 Å². The van der Waals surface area contributed by atoms with Crippen LogP contribution in [0.15, 0.2) is 0 Å². The van der Waals surface area contributed by atoms with Crippen LogP contribution in [0.3, 0.4) is 0 Å². The van der Waals surface area contributed by atoms with Crippen molar-refractivity contribution in [1.29, 1.82) is 0 Å². The maximum absolute atomic E-state index is 10.3. The van der Waals surface area contributed by atoms with E-state index in [9.17, 15) is 9.59 Å². The summed E-state index contributed by atoms with van der Waals surface area (Å²) in [7, 11) is 0. The molecule has 4 nitrogen and oxygen atoms in total. The second kappa shape index (κ2) is 3.72. The van der Waals surface area contributed by atoms with Gasteiger partial charge < -0.3 is 10.8 Å². The standard InChI is InChI=1S/C4H7NO3S2/c5-3(6)1(9)2(10)4(7)8/h1-2,9-10H,(H2,5,6)(H,7,8). The average Bonchev–Trinajstić information content (AvgIpc) is 1.84. The molecule has 1 amide bonds. The molecular formula is C4H7NO3S2. The Morgan fingerprint density at radius 3 is 1.80 bits per heavy atom. The van der Waals surface area contributed by atoms with E-state index >= 15 is 0 Å². The predicted octanol–water partition coefficient (Wildman–Crippen LogP) is -0.847. The minimum atomic E-state index is -1.21. The van der Waals surface area contributed by atoms with E-state index in [-0.39, 0.29) is 0 Å². The number of hydrogen-bond donors (Lipinski definition) is 4. The number of nitrogens with two attached hydrogens (primary N) is 1. The molecular weight excluding hydrogens is 174 g/mol. The van der Waals surface area contributed by atoms with Crippen molar-refractivity contribution in [1.82, 2.24) is 0 Å². The molecule has 6 heteroatoms. The molecule has 0 rings (SSSR count). The molecule has 0 aliphatic heterocycles. The number of hydrogen-bond acceptors (Lipinski definition) is 4. The van der Waals surface area contributed by atoms with Crippen molar-refractivity contribution in [2.45, 2.75) is 10.5 Å². The zero-order valence-electron chi connectivity index (χ0n) is 4.89. The number of carbonyl (C=O) groups is 2. The van der Waals surface area contributed by atoms with Gasteiger partial charge in [0.15, 0.2) is 0 Å². The van der Waals surface area contributed by atoms with Gasteiger partial charge in [0.2, 0.25) is 5.91 Å². The van der Waals surface area contributed by atoms with Crippen LogP contribution in [-0.2, 0) is 9.59 Å². The van der Waals surface area contributed by atoms with Crippen molar-refractivity contribution in [2.24, 2.45) is 5.73 Å². The van der Waals surface area contributed by atoms with Crippen molar-refractivity contribution in [3.05, 3.63) is 0 Å². The molecule has 10 heavy (non-hydrogen) atoms.